The van der Waals surface area contributed by atoms with Crippen molar-refractivity contribution in [2.24, 2.45) is 0 Å². The van der Waals surface area contributed by atoms with Crippen LogP contribution in [0.1, 0.15) is 25.1 Å². The van der Waals surface area contributed by atoms with Crippen molar-refractivity contribution in [3.8, 4) is 10.4 Å². The van der Waals surface area contributed by atoms with Crippen LogP contribution in [0.25, 0.3) is 20.7 Å². The first-order chi connectivity index (χ1) is 11.2. The van der Waals surface area contributed by atoms with E-state index in [4.69, 9.17) is 16.6 Å². The highest BCUT2D eigenvalue weighted by Crippen LogP contribution is 2.38. The number of piperidine rings is 1. The molecular formula is C18H19Cl2N3S. The number of halogens is 2. The van der Waals surface area contributed by atoms with Crippen LogP contribution in [0.4, 0.5) is 5.82 Å². The Morgan fingerprint density at radius 2 is 1.75 bits per heavy atom. The van der Waals surface area contributed by atoms with Crippen molar-refractivity contribution in [1.82, 2.24) is 9.97 Å². The van der Waals surface area contributed by atoms with E-state index in [0.717, 1.165) is 35.3 Å². The Balaban J connectivity index is 0.00000169. The van der Waals surface area contributed by atoms with Crippen LogP contribution in [-0.2, 0) is 0 Å². The van der Waals surface area contributed by atoms with Gasteiger partial charge in [0.15, 0.2) is 0 Å². The molecule has 6 heteroatoms. The molecule has 3 nitrogen and oxygen atoms in total. The average molecular weight is 380 g/mol. The molecule has 4 rings (SSSR count). The maximum atomic E-state index is 6.00. The fraction of sp³-hybridized carbons (Fsp3) is 0.333. The maximum Gasteiger partial charge on any atom is 0.150 e. The standard InChI is InChI=1S/C18H18ClN3S.ClH/c1-12-20-15-11-16(13-5-7-14(19)8-6-13)23-17(15)18(21-12)22-9-3-2-4-10-22;/h5-8,11H,2-4,9-10H2,1H3;1H. The fourth-order valence-corrected chi connectivity index (χ4v) is 4.35. The minimum Gasteiger partial charge on any atom is -0.355 e. The van der Waals surface area contributed by atoms with Crippen LogP contribution in [0.15, 0.2) is 30.3 Å². The van der Waals surface area contributed by atoms with Gasteiger partial charge in [-0.15, -0.1) is 23.7 Å². The highest BCUT2D eigenvalue weighted by atomic mass is 35.5. The van der Waals surface area contributed by atoms with E-state index < -0.39 is 0 Å². The summed E-state index contributed by atoms with van der Waals surface area (Å²) in [6.07, 6.45) is 3.82. The van der Waals surface area contributed by atoms with Crippen molar-refractivity contribution >= 4 is 51.4 Å². The zero-order valence-electron chi connectivity index (χ0n) is 13.5. The van der Waals surface area contributed by atoms with Gasteiger partial charge in [-0.2, -0.15) is 0 Å². The monoisotopic (exact) mass is 379 g/mol. The van der Waals surface area contributed by atoms with Crippen molar-refractivity contribution in [2.75, 3.05) is 18.0 Å². The third-order valence-corrected chi connectivity index (χ3v) is 5.67. The molecule has 3 heterocycles. The molecule has 24 heavy (non-hydrogen) atoms. The second-order valence-corrected chi connectivity index (χ2v) is 7.46. The second-order valence-electron chi connectivity index (χ2n) is 5.97. The van der Waals surface area contributed by atoms with Crippen molar-refractivity contribution in [3.05, 3.63) is 41.2 Å². The first-order valence-corrected chi connectivity index (χ1v) is 9.19. The normalized spacial score (nSPS) is 14.7. The van der Waals surface area contributed by atoms with Crippen molar-refractivity contribution in [2.45, 2.75) is 26.2 Å². The lowest BCUT2D eigenvalue weighted by molar-refractivity contribution is 0.574. The lowest BCUT2D eigenvalue weighted by Crippen LogP contribution is -2.30. The fourth-order valence-electron chi connectivity index (χ4n) is 3.10. The van der Waals surface area contributed by atoms with E-state index in [0.29, 0.717) is 0 Å². The second kappa shape index (κ2) is 7.26. The third kappa shape index (κ3) is 3.37. The van der Waals surface area contributed by atoms with Crippen molar-refractivity contribution in [1.29, 1.82) is 0 Å². The summed E-state index contributed by atoms with van der Waals surface area (Å²) in [5, 5.41) is 0.763. The number of aromatic nitrogens is 2. The van der Waals surface area contributed by atoms with Gasteiger partial charge in [0, 0.05) is 23.0 Å². The van der Waals surface area contributed by atoms with Gasteiger partial charge in [0.05, 0.1) is 10.2 Å². The highest BCUT2D eigenvalue weighted by Gasteiger charge is 2.18. The first kappa shape index (κ1) is 17.5. The molecular weight excluding hydrogens is 361 g/mol. The molecule has 126 valence electrons. The van der Waals surface area contributed by atoms with Gasteiger partial charge in [-0.25, -0.2) is 9.97 Å². The van der Waals surface area contributed by atoms with E-state index in [9.17, 15) is 0 Å². The zero-order valence-corrected chi connectivity index (χ0v) is 15.8. The molecule has 3 aromatic rings. The number of hydrogen-bond acceptors (Lipinski definition) is 4. The summed E-state index contributed by atoms with van der Waals surface area (Å²) in [5.41, 5.74) is 2.23. The Morgan fingerprint density at radius 3 is 2.46 bits per heavy atom. The molecule has 1 aliphatic heterocycles. The van der Waals surface area contributed by atoms with Crippen LogP contribution in [0.5, 0.6) is 0 Å². The summed E-state index contributed by atoms with van der Waals surface area (Å²) in [6, 6.07) is 10.2. The third-order valence-electron chi connectivity index (χ3n) is 4.25. The van der Waals surface area contributed by atoms with Gasteiger partial charge < -0.3 is 4.90 Å². The van der Waals surface area contributed by atoms with Gasteiger partial charge in [-0.1, -0.05) is 23.7 Å². The number of fused-ring (bicyclic) bond motifs is 1. The van der Waals surface area contributed by atoms with E-state index in [1.54, 1.807) is 11.3 Å². The summed E-state index contributed by atoms with van der Waals surface area (Å²) >= 11 is 7.78. The van der Waals surface area contributed by atoms with Crippen LogP contribution in [0.3, 0.4) is 0 Å². The molecule has 0 amide bonds. The molecule has 0 atom stereocenters. The summed E-state index contributed by atoms with van der Waals surface area (Å²) in [5.74, 6) is 1.95. The number of nitrogens with zero attached hydrogens (tertiary/aromatic N) is 3. The van der Waals surface area contributed by atoms with Gasteiger partial charge in [0.1, 0.15) is 11.6 Å². The van der Waals surface area contributed by atoms with Crippen LogP contribution in [0, 0.1) is 6.92 Å². The minimum atomic E-state index is 0. The number of rotatable bonds is 2. The van der Waals surface area contributed by atoms with E-state index in [1.165, 1.54) is 34.4 Å². The minimum absolute atomic E-state index is 0. The summed E-state index contributed by atoms with van der Waals surface area (Å²) in [7, 11) is 0. The Hall–Kier alpha value is -1.36. The van der Waals surface area contributed by atoms with Gasteiger partial charge in [-0.05, 0) is 49.9 Å². The molecule has 0 unspecified atom stereocenters. The van der Waals surface area contributed by atoms with Crippen molar-refractivity contribution < 1.29 is 0 Å². The van der Waals surface area contributed by atoms with E-state index in [1.807, 2.05) is 19.1 Å². The quantitative estimate of drug-likeness (QED) is 0.568. The SMILES string of the molecule is Cc1nc(N2CCCCC2)c2sc(-c3ccc(Cl)cc3)cc2n1.Cl. The molecule has 1 aromatic carbocycles. The number of aryl methyl sites for hydroxylation is 1. The lowest BCUT2D eigenvalue weighted by Gasteiger charge is -2.28. The lowest BCUT2D eigenvalue weighted by atomic mass is 10.1. The summed E-state index contributed by atoms with van der Waals surface area (Å²) in [6.45, 7) is 4.17. The molecule has 2 aromatic heterocycles. The van der Waals surface area contributed by atoms with Crippen LogP contribution in [0.2, 0.25) is 5.02 Å². The van der Waals surface area contributed by atoms with Crippen molar-refractivity contribution in [3.63, 3.8) is 0 Å². The Kier molecular flexibility index (Phi) is 5.28. The number of thiophene rings is 1. The predicted octanol–water partition coefficient (Wildman–Crippen LogP) is 5.73. The largest absolute Gasteiger partial charge is 0.355 e. The molecule has 0 N–H and O–H groups in total. The number of benzene rings is 1. The predicted molar refractivity (Wildman–Crippen MR) is 106 cm³/mol. The number of hydrogen-bond donors (Lipinski definition) is 0. The Bertz CT molecular complexity index is 839. The molecule has 1 fully saturated rings. The van der Waals surface area contributed by atoms with Gasteiger partial charge in [0.2, 0.25) is 0 Å². The van der Waals surface area contributed by atoms with E-state index >= 15 is 0 Å². The van der Waals surface area contributed by atoms with Gasteiger partial charge in [-0.3, -0.25) is 0 Å². The van der Waals surface area contributed by atoms with Crippen LogP contribution >= 0.6 is 35.3 Å². The molecule has 0 spiro atoms. The number of anilines is 1. The Morgan fingerprint density at radius 1 is 1.04 bits per heavy atom. The van der Waals surface area contributed by atoms with Crippen LogP contribution in [-0.4, -0.2) is 23.1 Å². The molecule has 0 saturated carbocycles. The summed E-state index contributed by atoms with van der Waals surface area (Å²) in [4.78, 5) is 13.0. The highest BCUT2D eigenvalue weighted by molar-refractivity contribution is 7.22. The smallest absolute Gasteiger partial charge is 0.150 e. The zero-order chi connectivity index (χ0) is 15.8. The topological polar surface area (TPSA) is 29.0 Å². The van der Waals surface area contributed by atoms with E-state index in [2.05, 4.69) is 28.1 Å². The molecule has 0 radical (unpaired) electrons. The van der Waals surface area contributed by atoms with Gasteiger partial charge in [0.25, 0.3) is 0 Å². The average Bonchev–Trinajstić information content (AvgIpc) is 2.99. The van der Waals surface area contributed by atoms with Gasteiger partial charge >= 0.3 is 0 Å². The Labute approximate surface area is 157 Å². The van der Waals surface area contributed by atoms with Crippen LogP contribution < -0.4 is 4.90 Å². The van der Waals surface area contributed by atoms with E-state index in [-0.39, 0.29) is 12.4 Å². The maximum absolute atomic E-state index is 6.00. The first-order valence-electron chi connectivity index (χ1n) is 8.00. The summed E-state index contributed by atoms with van der Waals surface area (Å²) < 4.78 is 1.20. The molecule has 0 bridgehead atoms. The molecule has 0 aliphatic carbocycles. The molecule has 1 aliphatic rings. The molecule has 1 saturated heterocycles.